The number of pyridine rings is 1. The van der Waals surface area contributed by atoms with E-state index < -0.39 is 4.92 Å². The Morgan fingerprint density at radius 3 is 2.67 bits per heavy atom. The number of ether oxygens (including phenoxy) is 1. The maximum absolute atomic E-state index is 10.9. The third-order valence-electron chi connectivity index (χ3n) is 2.48. The van der Waals surface area contributed by atoms with Crippen LogP contribution in [0.25, 0.3) is 0 Å². The van der Waals surface area contributed by atoms with Crippen LogP contribution in [0.2, 0.25) is 0 Å². The molecule has 0 N–H and O–H groups in total. The molecule has 92 valence electrons. The normalized spacial score (nSPS) is 10.1. The number of rotatable bonds is 4. The maximum atomic E-state index is 10.9. The molecule has 18 heavy (non-hydrogen) atoms. The van der Waals surface area contributed by atoms with Crippen LogP contribution in [0.1, 0.15) is 11.1 Å². The maximum Gasteiger partial charge on any atom is 0.329 e. The van der Waals surface area contributed by atoms with Crippen molar-refractivity contribution < 1.29 is 9.66 Å². The molecule has 2 aromatic rings. The van der Waals surface area contributed by atoms with Gasteiger partial charge in [-0.1, -0.05) is 30.3 Å². The molecule has 0 saturated carbocycles. The van der Waals surface area contributed by atoms with Crippen molar-refractivity contribution in [2.24, 2.45) is 0 Å². The summed E-state index contributed by atoms with van der Waals surface area (Å²) in [6.45, 7) is 2.03. The number of nitrogens with zero attached hydrogens (tertiary/aromatic N) is 2. The first kappa shape index (κ1) is 12.0. The molecule has 0 aliphatic rings. The average Bonchev–Trinajstić information content (AvgIpc) is 2.38. The Morgan fingerprint density at radius 2 is 2.00 bits per heavy atom. The van der Waals surface area contributed by atoms with Gasteiger partial charge in [-0.25, -0.2) is 0 Å². The van der Waals surface area contributed by atoms with Crippen LogP contribution < -0.4 is 4.74 Å². The van der Waals surface area contributed by atoms with E-state index in [9.17, 15) is 10.1 Å². The van der Waals surface area contributed by atoms with E-state index in [-0.39, 0.29) is 11.4 Å². The van der Waals surface area contributed by atoms with E-state index in [2.05, 4.69) is 4.98 Å². The molecule has 1 heterocycles. The zero-order valence-electron chi connectivity index (χ0n) is 9.87. The van der Waals surface area contributed by atoms with Crippen molar-refractivity contribution in [2.75, 3.05) is 0 Å². The lowest BCUT2D eigenvalue weighted by molar-refractivity contribution is -0.386. The average molecular weight is 244 g/mol. The number of benzene rings is 1. The van der Waals surface area contributed by atoms with E-state index in [0.29, 0.717) is 12.2 Å². The summed E-state index contributed by atoms with van der Waals surface area (Å²) in [6.07, 6.45) is 2.75. The lowest BCUT2D eigenvalue weighted by atomic mass is 10.2. The first-order valence-corrected chi connectivity index (χ1v) is 5.44. The van der Waals surface area contributed by atoms with Crippen molar-refractivity contribution in [3.05, 3.63) is 64.0 Å². The van der Waals surface area contributed by atoms with Crippen LogP contribution in [0.15, 0.2) is 42.7 Å². The van der Waals surface area contributed by atoms with Crippen LogP contribution in [-0.2, 0) is 6.61 Å². The molecular weight excluding hydrogens is 232 g/mol. The zero-order valence-corrected chi connectivity index (χ0v) is 9.87. The highest BCUT2D eigenvalue weighted by Gasteiger charge is 2.17. The standard InChI is InChI=1S/C13H12N2O3/c1-10-7-14-8-12(15(16)17)13(10)18-9-11-5-3-2-4-6-11/h2-8H,9H2,1H3. The lowest BCUT2D eigenvalue weighted by Gasteiger charge is -2.08. The Morgan fingerprint density at radius 1 is 1.28 bits per heavy atom. The third kappa shape index (κ3) is 2.63. The van der Waals surface area contributed by atoms with Gasteiger partial charge in [0.05, 0.1) is 4.92 Å². The fourth-order valence-electron chi connectivity index (χ4n) is 1.59. The van der Waals surface area contributed by atoms with Gasteiger partial charge in [0.1, 0.15) is 12.8 Å². The molecule has 0 atom stereocenters. The molecule has 1 aromatic heterocycles. The fraction of sp³-hybridized carbons (Fsp3) is 0.154. The molecule has 0 saturated heterocycles. The summed E-state index contributed by atoms with van der Waals surface area (Å²) >= 11 is 0. The minimum Gasteiger partial charge on any atom is -0.482 e. The monoisotopic (exact) mass is 244 g/mol. The quantitative estimate of drug-likeness (QED) is 0.612. The molecule has 0 bridgehead atoms. The topological polar surface area (TPSA) is 65.3 Å². The Kier molecular flexibility index (Phi) is 3.52. The molecule has 0 radical (unpaired) electrons. The molecule has 5 heteroatoms. The van der Waals surface area contributed by atoms with Crippen molar-refractivity contribution in [2.45, 2.75) is 13.5 Å². The smallest absolute Gasteiger partial charge is 0.329 e. The zero-order chi connectivity index (χ0) is 13.0. The van der Waals surface area contributed by atoms with Gasteiger partial charge in [-0.05, 0) is 12.5 Å². The number of aryl methyl sites for hydroxylation is 1. The second kappa shape index (κ2) is 5.27. The summed E-state index contributed by atoms with van der Waals surface area (Å²) in [4.78, 5) is 14.2. The van der Waals surface area contributed by atoms with Crippen LogP contribution in [0.5, 0.6) is 5.75 Å². The predicted molar refractivity (Wildman–Crippen MR) is 66.4 cm³/mol. The van der Waals surface area contributed by atoms with Crippen LogP contribution in [0.4, 0.5) is 5.69 Å². The summed E-state index contributed by atoms with van der Waals surface area (Å²) < 4.78 is 5.53. The third-order valence-corrected chi connectivity index (χ3v) is 2.48. The predicted octanol–water partition coefficient (Wildman–Crippen LogP) is 2.88. The number of nitro groups is 1. The van der Waals surface area contributed by atoms with Gasteiger partial charge in [-0.15, -0.1) is 0 Å². The summed E-state index contributed by atoms with van der Waals surface area (Å²) in [5.41, 5.74) is 1.51. The SMILES string of the molecule is Cc1cncc([N+](=O)[O-])c1OCc1ccccc1. The number of hydrogen-bond donors (Lipinski definition) is 0. The van der Waals surface area contributed by atoms with E-state index in [1.165, 1.54) is 6.20 Å². The van der Waals surface area contributed by atoms with Crippen LogP contribution in [0.3, 0.4) is 0 Å². The van der Waals surface area contributed by atoms with Crippen molar-refractivity contribution >= 4 is 5.69 Å². The molecule has 5 nitrogen and oxygen atoms in total. The summed E-state index contributed by atoms with van der Waals surface area (Å²) in [7, 11) is 0. The van der Waals surface area contributed by atoms with Gasteiger partial charge in [0, 0.05) is 11.8 Å². The van der Waals surface area contributed by atoms with Gasteiger partial charge in [-0.3, -0.25) is 15.1 Å². The molecule has 0 amide bonds. The minimum absolute atomic E-state index is 0.106. The molecule has 0 aliphatic carbocycles. The molecule has 0 spiro atoms. The van der Waals surface area contributed by atoms with Crippen molar-refractivity contribution in [3.63, 3.8) is 0 Å². The van der Waals surface area contributed by atoms with E-state index in [1.807, 2.05) is 30.3 Å². The van der Waals surface area contributed by atoms with Gasteiger partial charge >= 0.3 is 5.69 Å². The summed E-state index contributed by atoms with van der Waals surface area (Å²) in [6, 6.07) is 9.51. The molecule has 1 aromatic carbocycles. The molecule has 2 rings (SSSR count). The fourth-order valence-corrected chi connectivity index (χ4v) is 1.59. The highest BCUT2D eigenvalue weighted by Crippen LogP contribution is 2.29. The van der Waals surface area contributed by atoms with Gasteiger partial charge in [0.2, 0.25) is 5.75 Å². The lowest BCUT2D eigenvalue weighted by Crippen LogP contribution is -2.01. The van der Waals surface area contributed by atoms with Crippen LogP contribution in [0, 0.1) is 17.0 Å². The van der Waals surface area contributed by atoms with Gasteiger partial charge < -0.3 is 4.74 Å². The van der Waals surface area contributed by atoms with Gasteiger partial charge in [-0.2, -0.15) is 0 Å². The molecule has 0 unspecified atom stereocenters. The minimum atomic E-state index is -0.486. The molecule has 0 aliphatic heterocycles. The van der Waals surface area contributed by atoms with Crippen molar-refractivity contribution in [1.29, 1.82) is 0 Å². The first-order valence-electron chi connectivity index (χ1n) is 5.44. The number of hydrogen-bond acceptors (Lipinski definition) is 4. The Bertz CT molecular complexity index is 555. The second-order valence-electron chi connectivity index (χ2n) is 3.84. The van der Waals surface area contributed by atoms with Crippen LogP contribution in [-0.4, -0.2) is 9.91 Å². The summed E-state index contributed by atoms with van der Waals surface area (Å²) in [5, 5.41) is 10.9. The summed E-state index contributed by atoms with van der Waals surface area (Å²) in [5.74, 6) is 0.277. The molecular formula is C13H12N2O3. The number of aromatic nitrogens is 1. The van der Waals surface area contributed by atoms with Gasteiger partial charge in [0.15, 0.2) is 0 Å². The largest absolute Gasteiger partial charge is 0.482 e. The van der Waals surface area contributed by atoms with Crippen LogP contribution >= 0.6 is 0 Å². The van der Waals surface area contributed by atoms with Crippen molar-refractivity contribution in [3.8, 4) is 5.75 Å². The Hall–Kier alpha value is -2.43. The van der Waals surface area contributed by atoms with E-state index in [4.69, 9.17) is 4.74 Å². The molecule has 0 fully saturated rings. The van der Waals surface area contributed by atoms with Gasteiger partial charge in [0.25, 0.3) is 0 Å². The van der Waals surface area contributed by atoms with E-state index in [0.717, 1.165) is 5.56 Å². The van der Waals surface area contributed by atoms with Crippen molar-refractivity contribution in [1.82, 2.24) is 4.98 Å². The first-order chi connectivity index (χ1) is 8.68. The highest BCUT2D eigenvalue weighted by molar-refractivity contribution is 5.48. The van der Waals surface area contributed by atoms with E-state index in [1.54, 1.807) is 13.1 Å². The highest BCUT2D eigenvalue weighted by atomic mass is 16.6. The second-order valence-corrected chi connectivity index (χ2v) is 3.84. The van der Waals surface area contributed by atoms with E-state index >= 15 is 0 Å². The Labute approximate surface area is 104 Å². The Balaban J connectivity index is 2.21.